The highest BCUT2D eigenvalue weighted by atomic mass is 32.2. The number of Topliss-reactive ketones (excluding diaryl/α,β-unsaturated/α-hetero) is 2. The maximum absolute atomic E-state index is 11.7. The molecule has 0 saturated heterocycles. The van der Waals surface area contributed by atoms with Crippen LogP contribution < -0.4 is 11.1 Å². The lowest BCUT2D eigenvalue weighted by molar-refractivity contribution is -0.154. The second kappa shape index (κ2) is 26.1. The molecule has 0 aliphatic carbocycles. The SMILES string of the molecule is CC(=O)C=S(C)(C)=O.CC(=O)CNc1cnc2c(ccn2S(C)(=O)=O)n1.CC(=O)O.CC(C)(C)OC(=O)Cc1cnc2c(ccn2S(C)(=O)=O)n1.CS(=O)(=O)n1ccc2nc(N)cnc21.Cc1cnc2cnc3c(ccn3S(C)(=O)=O)n12. The van der Waals surface area contributed by atoms with Gasteiger partial charge in [-0.25, -0.2) is 89.4 Å². The van der Waals surface area contributed by atoms with Gasteiger partial charge < -0.3 is 20.9 Å². The van der Waals surface area contributed by atoms with Gasteiger partial charge in [-0.1, -0.05) is 0 Å². The highest BCUT2D eigenvalue weighted by Gasteiger charge is 2.20. The number of aryl methyl sites for hydroxylation is 1. The Labute approximate surface area is 472 Å². The lowest BCUT2D eigenvalue weighted by Crippen LogP contribution is -2.25. The Bertz CT molecular complexity index is 4460. The summed E-state index contributed by atoms with van der Waals surface area (Å²) in [6, 6.07) is 6.38. The van der Waals surface area contributed by atoms with Crippen LogP contribution in [0, 0.1) is 6.92 Å². The number of hydrogen-bond acceptors (Lipinski definition) is 24. The van der Waals surface area contributed by atoms with E-state index in [9.17, 15) is 52.3 Å². The number of rotatable bonds is 10. The first-order valence-electron chi connectivity index (χ1n) is 23.4. The molecule has 9 aromatic heterocycles. The fraction of sp³-hybridized carbons (Fsp3) is 0.340. The maximum Gasteiger partial charge on any atom is 0.312 e. The van der Waals surface area contributed by atoms with Crippen LogP contribution in [0.5, 0.6) is 0 Å². The Kier molecular flexibility index (Phi) is 21.1. The van der Waals surface area contributed by atoms with Crippen LogP contribution in [0.4, 0.5) is 11.6 Å². The topological polar surface area (TPSA) is 417 Å². The summed E-state index contributed by atoms with van der Waals surface area (Å²) in [6.07, 6.45) is 20.6. The summed E-state index contributed by atoms with van der Waals surface area (Å²) < 4.78 is 114. The van der Waals surface area contributed by atoms with E-state index >= 15 is 0 Å². The first-order valence-corrected chi connectivity index (χ1v) is 33.2. The molecule has 0 amide bonds. The zero-order valence-corrected chi connectivity index (χ0v) is 50.7. The maximum atomic E-state index is 11.7. The molecule has 9 heterocycles. The Morgan fingerprint density at radius 2 is 1.04 bits per heavy atom. The Hall–Kier alpha value is -8.28. The third-order valence-corrected chi connectivity index (χ3v) is 14.5. The number of anilines is 2. The minimum atomic E-state index is -3.42. The van der Waals surface area contributed by atoms with E-state index in [0.717, 1.165) is 55.1 Å². The molecule has 0 fully saturated rings. The third kappa shape index (κ3) is 19.5. The zero-order chi connectivity index (χ0) is 62.1. The largest absolute Gasteiger partial charge is 0.481 e. The normalized spacial score (nSPS) is 11.8. The van der Waals surface area contributed by atoms with E-state index < -0.39 is 67.2 Å². The fourth-order valence-corrected chi connectivity index (χ4v) is 10.5. The Balaban J connectivity index is 0.000000222. The van der Waals surface area contributed by atoms with Crippen LogP contribution in [0.15, 0.2) is 80.0 Å². The van der Waals surface area contributed by atoms with Gasteiger partial charge in [0, 0.05) is 61.5 Å². The summed E-state index contributed by atoms with van der Waals surface area (Å²) in [5.41, 5.74) is 10.2. The molecule has 0 aliphatic heterocycles. The summed E-state index contributed by atoms with van der Waals surface area (Å²) in [7, 11) is -15.4. The van der Waals surface area contributed by atoms with E-state index in [1.165, 1.54) is 79.1 Å². The molecule has 0 aromatic carbocycles. The first kappa shape index (κ1) is 66.2. The fourth-order valence-electron chi connectivity index (χ4n) is 6.77. The lowest BCUT2D eigenvalue weighted by Gasteiger charge is -2.19. The number of carbonyl (C=O) groups excluding carboxylic acids is 3. The molecule has 0 spiro atoms. The number of aromatic nitrogens is 13. The number of carbonyl (C=O) groups is 4. The molecule has 82 heavy (non-hydrogen) atoms. The van der Waals surface area contributed by atoms with Crippen molar-refractivity contribution in [2.75, 3.05) is 55.1 Å². The van der Waals surface area contributed by atoms with Gasteiger partial charge in [0.1, 0.15) is 39.6 Å². The van der Waals surface area contributed by atoms with Gasteiger partial charge in [0.15, 0.2) is 34.0 Å². The Morgan fingerprint density at radius 3 is 1.48 bits per heavy atom. The second-order valence-electron chi connectivity index (χ2n) is 19.0. The summed E-state index contributed by atoms with van der Waals surface area (Å²) in [5, 5.41) is 11.5. The van der Waals surface area contributed by atoms with Crippen LogP contribution in [-0.4, -0.2) is 182 Å². The van der Waals surface area contributed by atoms with Crippen LogP contribution in [0.1, 0.15) is 52.9 Å². The van der Waals surface area contributed by atoms with Crippen molar-refractivity contribution in [2.24, 2.45) is 0 Å². The molecule has 4 N–H and O–H groups in total. The predicted octanol–water partition coefficient (Wildman–Crippen LogP) is 2.00. The molecule has 0 radical (unpaired) electrons. The number of nitrogens with one attached hydrogen (secondary N) is 1. The average Bonchev–Trinajstić information content (AvgIpc) is 4.26. The molecule has 9 aromatic rings. The van der Waals surface area contributed by atoms with Crippen molar-refractivity contribution in [3.8, 4) is 0 Å². The molecule has 444 valence electrons. The van der Waals surface area contributed by atoms with Crippen LogP contribution in [0.2, 0.25) is 0 Å². The monoisotopic (exact) mass is 1240 g/mol. The minimum Gasteiger partial charge on any atom is -0.481 e. The minimum absolute atomic E-state index is 0.00966. The van der Waals surface area contributed by atoms with Crippen LogP contribution in [0.25, 0.3) is 50.3 Å². The van der Waals surface area contributed by atoms with Crippen molar-refractivity contribution in [3.63, 3.8) is 0 Å². The van der Waals surface area contributed by atoms with Gasteiger partial charge in [-0.15, -0.1) is 0 Å². The van der Waals surface area contributed by atoms with Crippen LogP contribution in [0.3, 0.4) is 0 Å². The molecule has 30 nitrogen and oxygen atoms in total. The first-order chi connectivity index (χ1) is 37.5. The summed E-state index contributed by atoms with van der Waals surface area (Å²) in [5.74, 6) is -0.683. The van der Waals surface area contributed by atoms with Crippen LogP contribution in [-0.2, 0) is 80.0 Å². The van der Waals surface area contributed by atoms with Crippen molar-refractivity contribution in [1.29, 1.82) is 0 Å². The number of nitrogens with two attached hydrogens (primary N) is 1. The number of carboxylic acid groups (broad SMARTS) is 1. The molecular weight excluding hydrogens is 1170 g/mol. The van der Waals surface area contributed by atoms with E-state index in [1.807, 2.05) is 11.3 Å². The van der Waals surface area contributed by atoms with E-state index in [-0.39, 0.29) is 41.6 Å². The highest BCUT2D eigenvalue weighted by molar-refractivity contribution is 8.01. The summed E-state index contributed by atoms with van der Waals surface area (Å²) in [4.78, 5) is 74.5. The van der Waals surface area contributed by atoms with Crippen LogP contribution >= 0.6 is 0 Å². The number of ether oxygens (including phenoxy) is 1. The number of fused-ring (bicyclic) bond motifs is 6. The number of nitrogens with zero attached hydrogens (tertiary/aromatic N) is 13. The summed E-state index contributed by atoms with van der Waals surface area (Å²) >= 11 is 0. The molecule has 0 atom stereocenters. The number of hydrogen-bond donors (Lipinski definition) is 3. The molecule has 9 rings (SSSR count). The van der Waals surface area contributed by atoms with E-state index in [0.29, 0.717) is 45.0 Å². The number of ketones is 2. The third-order valence-electron chi connectivity index (χ3n) is 9.59. The molecule has 35 heteroatoms. The number of nitrogen functional groups attached to an aromatic ring is 1. The predicted molar refractivity (Wildman–Crippen MR) is 310 cm³/mol. The molecule has 0 aliphatic rings. The second-order valence-corrected chi connectivity index (χ2v) is 29.3. The van der Waals surface area contributed by atoms with Crippen molar-refractivity contribution < 1.29 is 66.9 Å². The molecule has 0 bridgehead atoms. The van der Waals surface area contributed by atoms with E-state index in [4.69, 9.17) is 20.4 Å². The van der Waals surface area contributed by atoms with Crippen molar-refractivity contribution in [1.82, 2.24) is 60.2 Å². The van der Waals surface area contributed by atoms with Gasteiger partial charge in [0.05, 0.1) is 74.0 Å². The number of carboxylic acids is 1. The molecule has 0 unspecified atom stereocenters. The van der Waals surface area contributed by atoms with Crippen molar-refractivity contribution >= 4 is 140 Å². The smallest absolute Gasteiger partial charge is 0.312 e. The average molecular weight is 1240 g/mol. The van der Waals surface area contributed by atoms with E-state index in [1.54, 1.807) is 57.4 Å². The Morgan fingerprint density at radius 1 is 0.610 bits per heavy atom. The van der Waals surface area contributed by atoms with Gasteiger partial charge in [-0.2, -0.15) is 0 Å². The van der Waals surface area contributed by atoms with Crippen molar-refractivity contribution in [3.05, 3.63) is 91.4 Å². The lowest BCUT2D eigenvalue weighted by atomic mass is 10.2. The van der Waals surface area contributed by atoms with Gasteiger partial charge >= 0.3 is 5.97 Å². The van der Waals surface area contributed by atoms with Gasteiger partial charge in [0.25, 0.3) is 5.97 Å². The quantitative estimate of drug-likeness (QED) is 0.130. The number of esters is 1. The molecule has 0 saturated carbocycles. The van der Waals surface area contributed by atoms with Gasteiger partial charge in [-0.3, -0.25) is 27.8 Å². The van der Waals surface area contributed by atoms with Gasteiger partial charge in [-0.05, 0) is 75.3 Å². The highest BCUT2D eigenvalue weighted by Crippen LogP contribution is 2.20. The standard InChI is InChI=1S/C13H17N3O4S.C10H12N4O3S.C10H10N4O2S.C7H8N4O2S.C5H10O2S.C2H4O2/c1-13(2,3)20-11(17)7-9-8-14-12-10(15-9)5-6-16(12)21(4,18)19;1-7(15)5-11-9-6-12-10-8(13-9)3-4-14(10)18(2,16)17;1-7-5-11-9-6-12-10-8(14(7)9)3-4-13(10)17(2,15)16;1-14(12,13)11-3-2-5-7(11)9-4-6(8)10-5;1-5(6)4-8(2,3)7;1-2(3)4/h5-6,8H,7H2,1-4H3;3-4,6H,5H2,1-2H3,(H,11,13);3-6H,1-2H3;2-4H,1H3,(H2,8,10);4H,1-3H3;1H3,(H,3,4). The van der Waals surface area contributed by atoms with Gasteiger partial charge in [0.2, 0.25) is 40.1 Å². The summed E-state index contributed by atoms with van der Waals surface area (Å²) in [6.45, 7) is 11.4. The molecular formula is C47H61N15O15S5. The van der Waals surface area contributed by atoms with E-state index in [2.05, 4.69) is 45.2 Å². The van der Waals surface area contributed by atoms with Crippen molar-refractivity contribution in [2.45, 2.75) is 60.5 Å². The number of imidazole rings is 1. The zero-order valence-electron chi connectivity index (χ0n) is 46.6. The number of aliphatic carboxylic acids is 1.